The molecule has 266 valence electrons. The summed E-state index contributed by atoms with van der Waals surface area (Å²) in [7, 11) is 1.43. The summed E-state index contributed by atoms with van der Waals surface area (Å²) in [6, 6.07) is 29.1. The Hall–Kier alpha value is -6.94. The molecule has 8 rings (SSSR count). The van der Waals surface area contributed by atoms with Crippen LogP contribution in [0.2, 0.25) is 0 Å². The van der Waals surface area contributed by atoms with Gasteiger partial charge in [0, 0.05) is 17.2 Å². The number of ether oxygens (including phenoxy) is 3. The number of phenolic OH excluding ortho intramolecular Hbond substituents is 7. The topological polar surface area (TPSA) is 169 Å². The summed E-state index contributed by atoms with van der Waals surface area (Å²) in [6.45, 7) is 0. The largest absolute Gasteiger partial charge is 0.508 e. The molecule has 7 N–H and O–H groups in total. The van der Waals surface area contributed by atoms with Crippen molar-refractivity contribution in [2.45, 2.75) is 24.0 Å². The second kappa shape index (κ2) is 13.0. The zero-order valence-electron chi connectivity index (χ0n) is 28.2. The van der Waals surface area contributed by atoms with Crippen LogP contribution in [-0.4, -0.2) is 42.9 Å². The van der Waals surface area contributed by atoms with Crippen LogP contribution < -0.4 is 14.2 Å². The molecule has 0 amide bonds. The standard InChI is InChI=1S/C43H34O10/c1-51-35-19-25(8-13-32(35)48)43-38(26-16-30(46)21-31(47)17-26)41-34(50)18-27(20-37(41)53-43)39-40-33(49)14-23(3-2-22-4-9-28(44)10-5-22)15-36(40)52-42(39)24-6-11-29(45)12-7-24/h2-21,38-39,42-50H,1H3/b3-2+/t38-,39-,42-,43+/m0/s1. The summed E-state index contributed by atoms with van der Waals surface area (Å²) in [5.41, 5.74) is 4.79. The van der Waals surface area contributed by atoms with E-state index in [0.717, 1.165) is 5.56 Å². The molecule has 0 bridgehead atoms. The minimum Gasteiger partial charge on any atom is -0.508 e. The Bertz CT molecular complexity index is 2360. The molecule has 6 aromatic rings. The third-order valence-electron chi connectivity index (χ3n) is 9.78. The van der Waals surface area contributed by atoms with E-state index >= 15 is 0 Å². The fourth-order valence-electron chi connectivity index (χ4n) is 7.39. The van der Waals surface area contributed by atoms with Crippen LogP contribution in [0.1, 0.15) is 68.6 Å². The fraction of sp³-hybridized carbons (Fsp3) is 0.116. The Labute approximate surface area is 303 Å². The van der Waals surface area contributed by atoms with Crippen LogP contribution >= 0.6 is 0 Å². The Balaban J connectivity index is 1.25. The van der Waals surface area contributed by atoms with Crippen molar-refractivity contribution in [3.8, 4) is 57.5 Å². The molecular weight excluding hydrogens is 676 g/mol. The van der Waals surface area contributed by atoms with E-state index in [4.69, 9.17) is 14.2 Å². The molecule has 10 nitrogen and oxygen atoms in total. The first-order valence-electron chi connectivity index (χ1n) is 16.8. The molecule has 0 radical (unpaired) electrons. The second-order valence-electron chi connectivity index (χ2n) is 13.2. The number of methoxy groups -OCH3 is 1. The van der Waals surface area contributed by atoms with Crippen LogP contribution in [0.3, 0.4) is 0 Å². The molecule has 6 aromatic carbocycles. The van der Waals surface area contributed by atoms with Gasteiger partial charge in [0.1, 0.15) is 58.2 Å². The minimum atomic E-state index is -0.779. The van der Waals surface area contributed by atoms with Crippen LogP contribution in [0.25, 0.3) is 12.2 Å². The van der Waals surface area contributed by atoms with Crippen molar-refractivity contribution in [3.63, 3.8) is 0 Å². The van der Waals surface area contributed by atoms with E-state index < -0.39 is 24.0 Å². The average molecular weight is 711 g/mol. The van der Waals surface area contributed by atoms with Crippen LogP contribution in [0.4, 0.5) is 0 Å². The quantitative estimate of drug-likeness (QED) is 0.0800. The van der Waals surface area contributed by atoms with Gasteiger partial charge in [0.15, 0.2) is 11.5 Å². The maximum Gasteiger partial charge on any atom is 0.160 e. The zero-order chi connectivity index (χ0) is 37.0. The van der Waals surface area contributed by atoms with Gasteiger partial charge in [-0.2, -0.15) is 0 Å². The highest BCUT2D eigenvalue weighted by atomic mass is 16.5. The number of hydrogen-bond donors (Lipinski definition) is 7. The summed E-state index contributed by atoms with van der Waals surface area (Å²) >= 11 is 0. The highest BCUT2D eigenvalue weighted by molar-refractivity contribution is 5.73. The average Bonchev–Trinajstić information content (AvgIpc) is 3.72. The van der Waals surface area contributed by atoms with E-state index in [1.807, 2.05) is 18.2 Å². The summed E-state index contributed by atoms with van der Waals surface area (Å²) < 4.78 is 18.5. The monoisotopic (exact) mass is 710 g/mol. The predicted octanol–water partition coefficient (Wildman–Crippen LogP) is 8.34. The Morgan fingerprint density at radius 3 is 1.62 bits per heavy atom. The number of benzene rings is 6. The van der Waals surface area contributed by atoms with Crippen molar-refractivity contribution in [3.05, 3.63) is 154 Å². The van der Waals surface area contributed by atoms with Crippen molar-refractivity contribution in [2.24, 2.45) is 0 Å². The summed E-state index contributed by atoms with van der Waals surface area (Å²) in [6.07, 6.45) is 2.22. The highest BCUT2D eigenvalue weighted by Gasteiger charge is 2.44. The van der Waals surface area contributed by atoms with Crippen molar-refractivity contribution in [1.29, 1.82) is 0 Å². The number of fused-ring (bicyclic) bond motifs is 2. The molecule has 53 heavy (non-hydrogen) atoms. The van der Waals surface area contributed by atoms with Crippen molar-refractivity contribution >= 4 is 12.2 Å². The smallest absolute Gasteiger partial charge is 0.160 e. The highest BCUT2D eigenvalue weighted by Crippen LogP contribution is 2.59. The number of phenols is 7. The third-order valence-corrected chi connectivity index (χ3v) is 9.78. The van der Waals surface area contributed by atoms with E-state index in [1.165, 1.54) is 31.4 Å². The normalized spacial score (nSPS) is 18.7. The molecule has 0 aliphatic carbocycles. The molecule has 2 aliphatic heterocycles. The van der Waals surface area contributed by atoms with E-state index in [2.05, 4.69) is 0 Å². The lowest BCUT2D eigenvalue weighted by Gasteiger charge is -2.22. The van der Waals surface area contributed by atoms with Gasteiger partial charge in [-0.3, -0.25) is 0 Å². The van der Waals surface area contributed by atoms with Gasteiger partial charge in [0.25, 0.3) is 0 Å². The molecule has 2 aliphatic rings. The first-order chi connectivity index (χ1) is 25.6. The van der Waals surface area contributed by atoms with E-state index in [9.17, 15) is 35.7 Å². The van der Waals surface area contributed by atoms with Crippen LogP contribution in [0.15, 0.2) is 109 Å². The number of hydrogen-bond acceptors (Lipinski definition) is 10. The molecule has 2 heterocycles. The first-order valence-corrected chi connectivity index (χ1v) is 16.8. The maximum absolute atomic E-state index is 11.9. The van der Waals surface area contributed by atoms with Crippen LogP contribution in [0.5, 0.6) is 57.5 Å². The van der Waals surface area contributed by atoms with Crippen molar-refractivity contribution < 1.29 is 50.0 Å². The van der Waals surface area contributed by atoms with E-state index in [0.29, 0.717) is 50.4 Å². The molecule has 10 heteroatoms. The van der Waals surface area contributed by atoms with Gasteiger partial charge in [0.05, 0.1) is 18.9 Å². The Morgan fingerprint density at radius 2 is 0.981 bits per heavy atom. The summed E-state index contributed by atoms with van der Waals surface area (Å²) in [4.78, 5) is 0. The van der Waals surface area contributed by atoms with Crippen LogP contribution in [-0.2, 0) is 0 Å². The Morgan fingerprint density at radius 1 is 0.453 bits per heavy atom. The van der Waals surface area contributed by atoms with Gasteiger partial charge in [-0.25, -0.2) is 0 Å². The summed E-state index contributed by atoms with van der Waals surface area (Å²) in [5.74, 6) is -0.685. The van der Waals surface area contributed by atoms with Gasteiger partial charge in [-0.05, 0) is 106 Å². The lowest BCUT2D eigenvalue weighted by Crippen LogP contribution is -2.12. The molecule has 0 saturated heterocycles. The maximum atomic E-state index is 11.9. The Kier molecular flexibility index (Phi) is 8.14. The van der Waals surface area contributed by atoms with Gasteiger partial charge in [0.2, 0.25) is 0 Å². The molecular formula is C43H34O10. The van der Waals surface area contributed by atoms with Crippen molar-refractivity contribution in [2.75, 3.05) is 7.11 Å². The minimum absolute atomic E-state index is 0.0257. The van der Waals surface area contributed by atoms with Crippen LogP contribution in [0, 0.1) is 0 Å². The van der Waals surface area contributed by atoms with Gasteiger partial charge < -0.3 is 50.0 Å². The van der Waals surface area contributed by atoms with Gasteiger partial charge in [-0.1, -0.05) is 42.5 Å². The second-order valence-corrected chi connectivity index (χ2v) is 13.2. The first kappa shape index (κ1) is 33.2. The molecule has 0 aromatic heterocycles. The summed E-state index contributed by atoms with van der Waals surface area (Å²) in [5, 5.41) is 74.4. The van der Waals surface area contributed by atoms with Gasteiger partial charge >= 0.3 is 0 Å². The molecule has 4 atom stereocenters. The van der Waals surface area contributed by atoms with Crippen molar-refractivity contribution in [1.82, 2.24) is 0 Å². The van der Waals surface area contributed by atoms with E-state index in [-0.39, 0.29) is 46.0 Å². The molecule has 0 unspecified atom stereocenters. The van der Waals surface area contributed by atoms with Gasteiger partial charge in [-0.15, -0.1) is 0 Å². The SMILES string of the molecule is COc1cc([C@H]2Oc3cc([C@H]4c5c(O)cc(/C=C/c6ccc(O)cc6)cc5O[C@H]4c4ccc(O)cc4)cc(O)c3[C@@H]2c2cc(O)cc(O)c2)ccc1O. The third kappa shape index (κ3) is 6.10. The molecule has 0 spiro atoms. The molecule has 0 saturated carbocycles. The fourth-order valence-corrected chi connectivity index (χ4v) is 7.39. The lowest BCUT2D eigenvalue weighted by atomic mass is 9.81. The zero-order valence-corrected chi connectivity index (χ0v) is 28.2. The lowest BCUT2D eigenvalue weighted by molar-refractivity contribution is 0.217. The van der Waals surface area contributed by atoms with E-state index in [1.54, 1.807) is 78.9 Å². The predicted molar refractivity (Wildman–Crippen MR) is 196 cm³/mol. The number of aromatic hydroxyl groups is 7. The molecule has 0 fully saturated rings. The number of rotatable bonds is 7.